The summed E-state index contributed by atoms with van der Waals surface area (Å²) in [5, 5.41) is 7.38. The van der Waals surface area contributed by atoms with Crippen molar-refractivity contribution >= 4 is 11.7 Å². The molecule has 1 aromatic rings. The second-order valence-electron chi connectivity index (χ2n) is 7.75. The molecule has 1 amide bonds. The third kappa shape index (κ3) is 2.89. The fourth-order valence-electron chi connectivity index (χ4n) is 4.16. The van der Waals surface area contributed by atoms with Crippen molar-refractivity contribution in [2.24, 2.45) is 11.8 Å². The molecule has 1 aliphatic carbocycles. The Hall–Kier alpha value is -1.73. The van der Waals surface area contributed by atoms with Crippen LogP contribution in [0.5, 0.6) is 0 Å². The average molecular weight is 356 g/mol. The molecule has 0 spiro atoms. The molecular weight excluding hydrogens is 333 g/mol. The monoisotopic (exact) mass is 356 g/mol. The van der Waals surface area contributed by atoms with E-state index >= 15 is 0 Å². The number of nitrogens with zero attached hydrogens (tertiary/aromatic N) is 3. The van der Waals surface area contributed by atoms with Crippen LogP contribution in [0, 0.1) is 11.8 Å². The van der Waals surface area contributed by atoms with Gasteiger partial charge in [-0.15, -0.1) is 0 Å². The van der Waals surface area contributed by atoms with Gasteiger partial charge in [0.05, 0.1) is 11.7 Å². The molecule has 0 radical (unpaired) electrons. The van der Waals surface area contributed by atoms with Crippen LogP contribution < -0.4 is 5.32 Å². The molecule has 4 rings (SSSR count). The van der Waals surface area contributed by atoms with E-state index < -0.39 is 12.2 Å². The van der Waals surface area contributed by atoms with E-state index in [2.05, 4.69) is 17.3 Å². The summed E-state index contributed by atoms with van der Waals surface area (Å²) in [6.45, 7) is 4.47. The van der Waals surface area contributed by atoms with Crippen molar-refractivity contribution < 1.29 is 18.0 Å². The van der Waals surface area contributed by atoms with E-state index in [0.29, 0.717) is 24.0 Å². The standard InChI is InChI=1S/C17H23F3N4O/c1-9-6-11(9)16(25)23-5-3-4-13(23)12-8-15-21-10(2)7-14(17(18,19)20)24(15)22-12/h8-11,13-14,21H,3-7H2,1-2H3/t9-,10-,11-,13-,14-/m1/s1. The van der Waals surface area contributed by atoms with Crippen LogP contribution in [0.3, 0.4) is 0 Å². The zero-order valence-electron chi connectivity index (χ0n) is 14.4. The third-order valence-corrected chi connectivity index (χ3v) is 5.70. The van der Waals surface area contributed by atoms with Crippen LogP contribution in [0.15, 0.2) is 6.07 Å². The molecule has 2 aliphatic heterocycles. The second kappa shape index (κ2) is 5.64. The maximum atomic E-state index is 13.4. The van der Waals surface area contributed by atoms with Crippen LogP contribution in [-0.2, 0) is 4.79 Å². The Morgan fingerprint density at radius 3 is 2.68 bits per heavy atom. The van der Waals surface area contributed by atoms with E-state index in [4.69, 9.17) is 0 Å². The highest BCUT2D eigenvalue weighted by atomic mass is 19.4. The molecule has 0 bridgehead atoms. The van der Waals surface area contributed by atoms with E-state index in [9.17, 15) is 18.0 Å². The number of hydrogen-bond acceptors (Lipinski definition) is 3. The van der Waals surface area contributed by atoms with Crippen LogP contribution in [0.2, 0.25) is 0 Å². The van der Waals surface area contributed by atoms with Crippen molar-refractivity contribution in [1.82, 2.24) is 14.7 Å². The molecule has 3 heterocycles. The quantitative estimate of drug-likeness (QED) is 0.882. The van der Waals surface area contributed by atoms with E-state index in [1.807, 2.05) is 4.90 Å². The minimum atomic E-state index is -4.33. The number of nitrogens with one attached hydrogen (secondary N) is 1. The first-order valence-corrected chi connectivity index (χ1v) is 8.99. The van der Waals surface area contributed by atoms with Crippen molar-refractivity contribution in [3.63, 3.8) is 0 Å². The summed E-state index contributed by atoms with van der Waals surface area (Å²) in [6, 6.07) is -0.385. The van der Waals surface area contributed by atoms with Gasteiger partial charge in [-0.2, -0.15) is 18.3 Å². The van der Waals surface area contributed by atoms with Gasteiger partial charge >= 0.3 is 6.18 Å². The Bertz CT molecular complexity index is 686. The summed E-state index contributed by atoms with van der Waals surface area (Å²) >= 11 is 0. The van der Waals surface area contributed by atoms with Crippen LogP contribution in [0.4, 0.5) is 19.0 Å². The van der Waals surface area contributed by atoms with Gasteiger partial charge in [0, 0.05) is 24.6 Å². The summed E-state index contributed by atoms with van der Waals surface area (Å²) in [7, 11) is 0. The second-order valence-corrected chi connectivity index (χ2v) is 7.75. The lowest BCUT2D eigenvalue weighted by molar-refractivity contribution is -0.173. The molecule has 0 aromatic carbocycles. The smallest absolute Gasteiger partial charge is 0.368 e. The minimum absolute atomic E-state index is 0.0372. The molecule has 1 saturated carbocycles. The van der Waals surface area contributed by atoms with Crippen molar-refractivity contribution in [2.45, 2.75) is 63.8 Å². The van der Waals surface area contributed by atoms with E-state index in [-0.39, 0.29) is 30.3 Å². The summed E-state index contributed by atoms with van der Waals surface area (Å²) in [5.74, 6) is 1.03. The van der Waals surface area contributed by atoms with Gasteiger partial charge in [0.25, 0.3) is 0 Å². The van der Waals surface area contributed by atoms with Gasteiger partial charge in [-0.3, -0.25) is 4.79 Å². The highest BCUT2D eigenvalue weighted by molar-refractivity contribution is 5.82. The lowest BCUT2D eigenvalue weighted by Gasteiger charge is -2.31. The highest BCUT2D eigenvalue weighted by Gasteiger charge is 2.47. The third-order valence-electron chi connectivity index (χ3n) is 5.70. The van der Waals surface area contributed by atoms with Crippen molar-refractivity contribution in [1.29, 1.82) is 0 Å². The topological polar surface area (TPSA) is 50.2 Å². The van der Waals surface area contributed by atoms with Gasteiger partial charge in [-0.1, -0.05) is 6.92 Å². The number of carbonyl (C=O) groups excluding carboxylic acids is 1. The Labute approximate surface area is 144 Å². The highest BCUT2D eigenvalue weighted by Crippen LogP contribution is 2.44. The average Bonchev–Trinajstić information content (AvgIpc) is 2.95. The number of aromatic nitrogens is 2. The zero-order valence-corrected chi connectivity index (χ0v) is 14.4. The van der Waals surface area contributed by atoms with Crippen LogP contribution >= 0.6 is 0 Å². The largest absolute Gasteiger partial charge is 0.410 e. The molecule has 0 unspecified atom stereocenters. The summed E-state index contributed by atoms with van der Waals surface area (Å²) in [4.78, 5) is 14.4. The SMILES string of the molecule is C[C@@H]1C[C@H](C(F)(F)F)n2nc([C@H]3CCCN3C(=O)[C@@H]3C[C@H]3C)cc2N1. The first kappa shape index (κ1) is 16.7. The van der Waals surface area contributed by atoms with Gasteiger partial charge in [0.2, 0.25) is 5.91 Å². The summed E-state index contributed by atoms with van der Waals surface area (Å²) < 4.78 is 41.2. The minimum Gasteiger partial charge on any atom is -0.368 e. The normalized spacial score (nSPS) is 34.6. The number of rotatable bonds is 2. The van der Waals surface area contributed by atoms with Crippen LogP contribution in [-0.4, -0.2) is 39.4 Å². The number of carbonyl (C=O) groups is 1. The zero-order chi connectivity index (χ0) is 17.9. The fourth-order valence-corrected chi connectivity index (χ4v) is 4.16. The van der Waals surface area contributed by atoms with Crippen LogP contribution in [0.1, 0.15) is 57.3 Å². The number of likely N-dealkylation sites (tertiary alicyclic amines) is 1. The molecule has 1 aromatic heterocycles. The molecule has 5 atom stereocenters. The number of anilines is 1. The molecule has 8 heteroatoms. The van der Waals surface area contributed by atoms with Crippen molar-refractivity contribution in [2.75, 3.05) is 11.9 Å². The van der Waals surface area contributed by atoms with E-state index in [1.54, 1.807) is 13.0 Å². The van der Waals surface area contributed by atoms with E-state index in [1.165, 1.54) is 0 Å². The van der Waals surface area contributed by atoms with Gasteiger partial charge in [-0.05, 0) is 38.5 Å². The summed E-state index contributed by atoms with van der Waals surface area (Å²) in [6.07, 6.45) is -1.83. The fraction of sp³-hybridized carbons (Fsp3) is 0.765. The van der Waals surface area contributed by atoms with Gasteiger partial charge < -0.3 is 10.2 Å². The van der Waals surface area contributed by atoms with Gasteiger partial charge in [0.15, 0.2) is 6.04 Å². The molecule has 5 nitrogen and oxygen atoms in total. The maximum absolute atomic E-state index is 13.4. The molecule has 138 valence electrons. The summed E-state index contributed by atoms with van der Waals surface area (Å²) in [5.41, 5.74) is 0.574. The Kier molecular flexibility index (Phi) is 3.77. The lowest BCUT2D eigenvalue weighted by Crippen LogP contribution is -2.38. The predicted molar refractivity (Wildman–Crippen MR) is 86.0 cm³/mol. The van der Waals surface area contributed by atoms with E-state index in [0.717, 1.165) is 23.9 Å². The molecule has 1 saturated heterocycles. The predicted octanol–water partition coefficient (Wildman–Crippen LogP) is 3.51. The number of alkyl halides is 3. The molecule has 25 heavy (non-hydrogen) atoms. The number of fused-ring (bicyclic) bond motifs is 1. The first-order chi connectivity index (χ1) is 11.8. The number of hydrogen-bond donors (Lipinski definition) is 1. The number of amides is 1. The maximum Gasteiger partial charge on any atom is 0.410 e. The first-order valence-electron chi connectivity index (χ1n) is 8.99. The Morgan fingerprint density at radius 1 is 1.32 bits per heavy atom. The number of halogens is 3. The Balaban J connectivity index is 1.62. The molecule has 3 aliphatic rings. The van der Waals surface area contributed by atoms with Crippen molar-refractivity contribution in [3.8, 4) is 0 Å². The van der Waals surface area contributed by atoms with Gasteiger partial charge in [-0.25, -0.2) is 4.68 Å². The van der Waals surface area contributed by atoms with Crippen LogP contribution in [0.25, 0.3) is 0 Å². The molecule has 2 fully saturated rings. The Morgan fingerprint density at radius 2 is 2.04 bits per heavy atom. The van der Waals surface area contributed by atoms with Crippen molar-refractivity contribution in [3.05, 3.63) is 11.8 Å². The van der Waals surface area contributed by atoms with Gasteiger partial charge in [0.1, 0.15) is 5.82 Å². The molecular formula is C17H23F3N4O. The lowest BCUT2D eigenvalue weighted by atomic mass is 10.1. The molecule has 1 N–H and O–H groups in total.